The first kappa shape index (κ1) is 13.8. The Balaban J connectivity index is 2.04. The molecule has 1 aromatic rings. The molecule has 1 aliphatic rings. The summed E-state index contributed by atoms with van der Waals surface area (Å²) in [5.41, 5.74) is 0.903. The topological polar surface area (TPSA) is 15.3 Å². The maximum Gasteiger partial charge on any atom is 0.129 e. The smallest absolute Gasteiger partial charge is 0.129 e. The molecule has 1 N–H and O–H groups in total. The maximum absolute atomic E-state index is 13.7. The summed E-state index contributed by atoms with van der Waals surface area (Å²) in [5, 5.41) is 3.76. The number of nitrogens with zero attached hydrogens (tertiary/aromatic N) is 1. The molecule has 1 unspecified atom stereocenters. The van der Waals surface area contributed by atoms with E-state index in [0.29, 0.717) is 17.1 Å². The molecule has 1 aliphatic heterocycles. The summed E-state index contributed by atoms with van der Waals surface area (Å²) >= 11 is 6.06. The van der Waals surface area contributed by atoms with Crippen LogP contribution in [0.2, 0.25) is 5.02 Å². The van der Waals surface area contributed by atoms with E-state index in [2.05, 4.69) is 17.1 Å². The molecule has 2 nitrogen and oxygen atoms in total. The molecule has 0 saturated carbocycles. The second kappa shape index (κ2) is 5.55. The zero-order chi connectivity index (χ0) is 13.2. The van der Waals surface area contributed by atoms with Gasteiger partial charge in [-0.2, -0.15) is 0 Å². The highest BCUT2D eigenvalue weighted by atomic mass is 35.5. The lowest BCUT2D eigenvalue weighted by molar-refractivity contribution is 0.263. The third-order valence-electron chi connectivity index (χ3n) is 3.68. The normalized spacial score (nSPS) is 24.7. The van der Waals surface area contributed by atoms with Crippen LogP contribution >= 0.6 is 11.6 Å². The Kier molecular flexibility index (Phi) is 4.25. The predicted octanol–water partition coefficient (Wildman–Crippen LogP) is 2.91. The van der Waals surface area contributed by atoms with Crippen molar-refractivity contribution >= 4 is 11.6 Å². The molecule has 1 atom stereocenters. The van der Waals surface area contributed by atoms with Crippen molar-refractivity contribution in [2.75, 3.05) is 26.7 Å². The largest absolute Gasteiger partial charge is 0.319 e. The van der Waals surface area contributed by atoms with Crippen LogP contribution in [-0.4, -0.2) is 31.6 Å². The van der Waals surface area contributed by atoms with Crippen LogP contribution in [-0.2, 0) is 6.54 Å². The van der Waals surface area contributed by atoms with E-state index in [1.165, 1.54) is 6.07 Å². The minimum Gasteiger partial charge on any atom is -0.319 e. The van der Waals surface area contributed by atoms with Gasteiger partial charge in [-0.15, -0.1) is 0 Å². The van der Waals surface area contributed by atoms with Gasteiger partial charge in [0, 0.05) is 30.2 Å². The number of nitrogens with one attached hydrogen (secondary N) is 1. The highest BCUT2D eigenvalue weighted by Gasteiger charge is 2.33. The van der Waals surface area contributed by atoms with Gasteiger partial charge >= 0.3 is 0 Å². The summed E-state index contributed by atoms with van der Waals surface area (Å²) in [6, 6.07) is 4.88. The van der Waals surface area contributed by atoms with Gasteiger partial charge < -0.3 is 5.32 Å². The second-order valence-electron chi connectivity index (χ2n) is 5.50. The highest BCUT2D eigenvalue weighted by molar-refractivity contribution is 6.31. The third-order valence-corrected chi connectivity index (χ3v) is 4.04. The van der Waals surface area contributed by atoms with Crippen molar-refractivity contribution in [2.24, 2.45) is 5.41 Å². The van der Waals surface area contributed by atoms with Crippen LogP contribution in [0.25, 0.3) is 0 Å². The van der Waals surface area contributed by atoms with Crippen LogP contribution in [0.15, 0.2) is 18.2 Å². The molecule has 4 heteroatoms. The first-order chi connectivity index (χ1) is 8.54. The molecule has 0 aliphatic carbocycles. The molecule has 100 valence electrons. The zero-order valence-electron chi connectivity index (χ0n) is 11.0. The fraction of sp³-hybridized carbons (Fsp3) is 0.571. The summed E-state index contributed by atoms with van der Waals surface area (Å²) in [6.07, 6.45) is 1.14. The third kappa shape index (κ3) is 3.02. The predicted molar refractivity (Wildman–Crippen MR) is 73.3 cm³/mol. The minimum absolute atomic E-state index is 0.204. The summed E-state index contributed by atoms with van der Waals surface area (Å²) in [5.74, 6) is -0.204. The van der Waals surface area contributed by atoms with E-state index >= 15 is 0 Å². The molecule has 1 fully saturated rings. The molecule has 0 bridgehead atoms. The molecule has 0 radical (unpaired) electrons. The van der Waals surface area contributed by atoms with Gasteiger partial charge in [0.25, 0.3) is 0 Å². The lowest BCUT2D eigenvalue weighted by Crippen LogP contribution is -2.33. The fourth-order valence-electron chi connectivity index (χ4n) is 2.74. The number of hydrogen-bond acceptors (Lipinski definition) is 2. The highest BCUT2D eigenvalue weighted by Crippen LogP contribution is 2.31. The molecule has 1 saturated heterocycles. The van der Waals surface area contributed by atoms with Crippen LogP contribution in [0.5, 0.6) is 0 Å². The molecule has 0 aromatic heterocycles. The number of halogens is 2. The number of likely N-dealkylation sites (tertiary alicyclic amines) is 1. The van der Waals surface area contributed by atoms with Crippen molar-refractivity contribution in [2.45, 2.75) is 19.9 Å². The van der Waals surface area contributed by atoms with E-state index in [1.54, 1.807) is 12.1 Å². The first-order valence-electron chi connectivity index (χ1n) is 6.34. The van der Waals surface area contributed by atoms with Crippen molar-refractivity contribution in [1.82, 2.24) is 10.2 Å². The molecule has 1 aromatic carbocycles. The second-order valence-corrected chi connectivity index (χ2v) is 5.91. The lowest BCUT2D eigenvalue weighted by Gasteiger charge is -2.24. The summed E-state index contributed by atoms with van der Waals surface area (Å²) in [6.45, 7) is 5.85. The standard InChI is InChI=1S/C14H20ClFN2/c1-14(9-17-2)6-7-18(10-14)8-11-12(15)4-3-5-13(11)16/h3-5,17H,6-10H2,1-2H3. The first-order valence-corrected chi connectivity index (χ1v) is 6.72. The van der Waals surface area contributed by atoms with Crippen molar-refractivity contribution < 1.29 is 4.39 Å². The van der Waals surface area contributed by atoms with Gasteiger partial charge in [0.05, 0.1) is 0 Å². The lowest BCUT2D eigenvalue weighted by atomic mass is 9.90. The Morgan fingerprint density at radius 2 is 2.28 bits per heavy atom. The summed E-state index contributed by atoms with van der Waals surface area (Å²) in [4.78, 5) is 2.28. The quantitative estimate of drug-likeness (QED) is 0.905. The fourth-order valence-corrected chi connectivity index (χ4v) is 2.96. The summed E-state index contributed by atoms with van der Waals surface area (Å²) < 4.78 is 13.7. The van der Waals surface area contributed by atoms with E-state index in [1.807, 2.05) is 7.05 Å². The Morgan fingerprint density at radius 1 is 1.50 bits per heavy atom. The molecule has 2 rings (SSSR count). The molecular weight excluding hydrogens is 251 g/mol. The van der Waals surface area contributed by atoms with Gasteiger partial charge in [-0.05, 0) is 37.6 Å². The van der Waals surface area contributed by atoms with Crippen molar-refractivity contribution in [3.8, 4) is 0 Å². The molecular formula is C14H20ClFN2. The maximum atomic E-state index is 13.7. The van der Waals surface area contributed by atoms with Crippen LogP contribution in [0.4, 0.5) is 4.39 Å². The van der Waals surface area contributed by atoms with Gasteiger partial charge in [0.2, 0.25) is 0 Å². The Labute approximate surface area is 113 Å². The minimum atomic E-state index is -0.204. The molecule has 0 amide bonds. The van der Waals surface area contributed by atoms with E-state index in [0.717, 1.165) is 26.1 Å². The van der Waals surface area contributed by atoms with Crippen LogP contribution in [0.3, 0.4) is 0 Å². The monoisotopic (exact) mass is 270 g/mol. The van der Waals surface area contributed by atoms with Crippen molar-refractivity contribution in [3.05, 3.63) is 34.6 Å². The average molecular weight is 271 g/mol. The van der Waals surface area contributed by atoms with Crippen LogP contribution < -0.4 is 5.32 Å². The van der Waals surface area contributed by atoms with E-state index < -0.39 is 0 Å². The Bertz CT molecular complexity index is 404. The van der Waals surface area contributed by atoms with Crippen LogP contribution in [0.1, 0.15) is 18.9 Å². The SMILES string of the molecule is CNCC1(C)CCN(Cc2c(F)cccc2Cl)C1. The molecule has 0 spiro atoms. The van der Waals surface area contributed by atoms with Gasteiger partial charge in [-0.1, -0.05) is 24.6 Å². The zero-order valence-corrected chi connectivity index (χ0v) is 11.7. The number of rotatable bonds is 4. The van der Waals surface area contributed by atoms with Crippen LogP contribution in [0, 0.1) is 11.2 Å². The Morgan fingerprint density at radius 3 is 2.94 bits per heavy atom. The van der Waals surface area contributed by atoms with Gasteiger partial charge in [-0.3, -0.25) is 4.90 Å². The van der Waals surface area contributed by atoms with E-state index in [9.17, 15) is 4.39 Å². The van der Waals surface area contributed by atoms with E-state index in [4.69, 9.17) is 11.6 Å². The molecule has 1 heterocycles. The number of hydrogen-bond donors (Lipinski definition) is 1. The molecule has 18 heavy (non-hydrogen) atoms. The van der Waals surface area contributed by atoms with E-state index in [-0.39, 0.29) is 11.2 Å². The van der Waals surface area contributed by atoms with Crippen molar-refractivity contribution in [3.63, 3.8) is 0 Å². The van der Waals surface area contributed by atoms with Gasteiger partial charge in [0.1, 0.15) is 5.82 Å². The number of benzene rings is 1. The Hall–Kier alpha value is -0.640. The summed E-state index contributed by atoms with van der Waals surface area (Å²) in [7, 11) is 1.97. The van der Waals surface area contributed by atoms with Gasteiger partial charge in [0.15, 0.2) is 0 Å². The van der Waals surface area contributed by atoms with Crippen molar-refractivity contribution in [1.29, 1.82) is 0 Å². The average Bonchev–Trinajstić information content (AvgIpc) is 2.66. The van der Waals surface area contributed by atoms with Gasteiger partial charge in [-0.25, -0.2) is 4.39 Å².